The molecule has 0 aromatic carbocycles. The Kier molecular flexibility index (Phi) is 5.52. The minimum Gasteiger partial charge on any atom is -0.462 e. The van der Waals surface area contributed by atoms with Crippen molar-refractivity contribution < 1.29 is 9.53 Å². The van der Waals surface area contributed by atoms with Crippen molar-refractivity contribution in [2.45, 2.75) is 51.5 Å². The van der Waals surface area contributed by atoms with Gasteiger partial charge in [-0.1, -0.05) is 20.8 Å². The van der Waals surface area contributed by atoms with E-state index >= 15 is 0 Å². The summed E-state index contributed by atoms with van der Waals surface area (Å²) >= 11 is 1.67. The van der Waals surface area contributed by atoms with Gasteiger partial charge >= 0.3 is 5.97 Å². The number of carbonyl (C=O) groups is 1. The van der Waals surface area contributed by atoms with Gasteiger partial charge in [0.2, 0.25) is 0 Å². The van der Waals surface area contributed by atoms with Crippen molar-refractivity contribution in [1.82, 2.24) is 0 Å². The van der Waals surface area contributed by atoms with Gasteiger partial charge in [0, 0.05) is 10.5 Å². The Labute approximate surface area is 90.8 Å². The van der Waals surface area contributed by atoms with Crippen LogP contribution in [0.5, 0.6) is 0 Å². The van der Waals surface area contributed by atoms with Crippen molar-refractivity contribution >= 4 is 17.7 Å². The molecule has 84 valence electrons. The van der Waals surface area contributed by atoms with Crippen LogP contribution in [0.2, 0.25) is 0 Å². The van der Waals surface area contributed by atoms with Crippen molar-refractivity contribution in [2.24, 2.45) is 5.73 Å². The number of carbonyl (C=O) groups excluding carboxylic acids is 1. The molecule has 1 atom stereocenters. The number of esters is 1. The molecule has 0 aliphatic rings. The Hall–Kier alpha value is -0.220. The summed E-state index contributed by atoms with van der Waals surface area (Å²) in [7, 11) is 0. The van der Waals surface area contributed by atoms with Crippen LogP contribution >= 0.6 is 11.8 Å². The third-order valence-electron chi connectivity index (χ3n) is 1.35. The maximum Gasteiger partial charge on any atom is 0.324 e. The van der Waals surface area contributed by atoms with Crippen molar-refractivity contribution in [3.63, 3.8) is 0 Å². The van der Waals surface area contributed by atoms with Crippen molar-refractivity contribution in [2.75, 3.05) is 5.75 Å². The molecule has 0 fully saturated rings. The second kappa shape index (κ2) is 5.61. The predicted molar refractivity (Wildman–Crippen MR) is 61.4 cm³/mol. The second-order valence-electron chi connectivity index (χ2n) is 4.52. The molecule has 0 aliphatic heterocycles. The summed E-state index contributed by atoms with van der Waals surface area (Å²) in [6.07, 6.45) is -0.0896. The molecule has 14 heavy (non-hydrogen) atoms. The molecule has 0 amide bonds. The number of hydrogen-bond acceptors (Lipinski definition) is 4. The summed E-state index contributed by atoms with van der Waals surface area (Å²) in [6.45, 7) is 9.93. The minimum atomic E-state index is -0.512. The van der Waals surface area contributed by atoms with E-state index in [0.717, 1.165) is 0 Å². The zero-order chi connectivity index (χ0) is 11.4. The monoisotopic (exact) mass is 219 g/mol. The van der Waals surface area contributed by atoms with Gasteiger partial charge in [0.1, 0.15) is 6.04 Å². The lowest BCUT2D eigenvalue weighted by Gasteiger charge is -2.20. The molecular formula is C10H21NO2S. The minimum absolute atomic E-state index is 0.0896. The first-order chi connectivity index (χ1) is 6.22. The first-order valence-electron chi connectivity index (χ1n) is 4.82. The predicted octanol–water partition coefficient (Wildman–Crippen LogP) is 1.80. The SMILES string of the molecule is CC(C)OC(=O)[C@@H](N)CSC(C)(C)C. The average molecular weight is 219 g/mol. The van der Waals surface area contributed by atoms with Gasteiger partial charge in [-0.05, 0) is 13.8 Å². The number of nitrogens with two attached hydrogens (primary N) is 1. The Balaban J connectivity index is 3.85. The highest BCUT2D eigenvalue weighted by atomic mass is 32.2. The molecule has 0 heterocycles. The molecule has 2 N–H and O–H groups in total. The van der Waals surface area contributed by atoms with Gasteiger partial charge in [-0.15, -0.1) is 0 Å². The highest BCUT2D eigenvalue weighted by Crippen LogP contribution is 2.23. The lowest BCUT2D eigenvalue weighted by molar-refractivity contribution is -0.148. The van der Waals surface area contributed by atoms with Crippen LogP contribution in [0.25, 0.3) is 0 Å². The molecule has 0 saturated heterocycles. The number of ether oxygens (including phenoxy) is 1. The van der Waals surface area contributed by atoms with Gasteiger partial charge < -0.3 is 10.5 Å². The fourth-order valence-electron chi connectivity index (χ4n) is 0.728. The molecule has 0 aromatic heterocycles. The molecule has 0 bridgehead atoms. The van der Waals surface area contributed by atoms with Crippen molar-refractivity contribution in [3.8, 4) is 0 Å². The van der Waals surface area contributed by atoms with E-state index in [9.17, 15) is 4.79 Å². The summed E-state index contributed by atoms with van der Waals surface area (Å²) in [6, 6.07) is -0.512. The van der Waals surface area contributed by atoms with Gasteiger partial charge in [-0.2, -0.15) is 11.8 Å². The Morgan fingerprint density at radius 2 is 1.93 bits per heavy atom. The molecule has 0 saturated carbocycles. The Morgan fingerprint density at radius 1 is 1.43 bits per heavy atom. The van der Waals surface area contributed by atoms with E-state index in [0.29, 0.717) is 5.75 Å². The molecule has 0 aromatic rings. The third kappa shape index (κ3) is 7.21. The molecular weight excluding hydrogens is 198 g/mol. The molecule has 4 heteroatoms. The van der Waals surface area contributed by atoms with Gasteiger partial charge in [-0.3, -0.25) is 4.79 Å². The topological polar surface area (TPSA) is 52.3 Å². The molecule has 0 spiro atoms. The van der Waals surface area contributed by atoms with Crippen LogP contribution in [0.15, 0.2) is 0 Å². The van der Waals surface area contributed by atoms with E-state index in [2.05, 4.69) is 20.8 Å². The van der Waals surface area contributed by atoms with Crippen molar-refractivity contribution in [1.29, 1.82) is 0 Å². The Bertz CT molecular complexity index is 187. The van der Waals surface area contributed by atoms with Crippen molar-refractivity contribution in [3.05, 3.63) is 0 Å². The smallest absolute Gasteiger partial charge is 0.324 e. The standard InChI is InChI=1S/C10H21NO2S/c1-7(2)13-9(12)8(11)6-14-10(3,4)5/h7-8H,6,11H2,1-5H3/t8-/m0/s1. The zero-order valence-corrected chi connectivity index (χ0v) is 10.5. The third-order valence-corrected chi connectivity index (χ3v) is 2.74. The largest absolute Gasteiger partial charge is 0.462 e. The first-order valence-corrected chi connectivity index (χ1v) is 5.81. The highest BCUT2D eigenvalue weighted by molar-refractivity contribution is 8.00. The molecule has 0 rings (SSSR count). The van der Waals surface area contributed by atoms with E-state index in [-0.39, 0.29) is 16.8 Å². The second-order valence-corrected chi connectivity index (χ2v) is 6.36. The normalized spacial score (nSPS) is 14.2. The quantitative estimate of drug-likeness (QED) is 0.733. The summed E-state index contributed by atoms with van der Waals surface area (Å²) in [5.74, 6) is 0.298. The van der Waals surface area contributed by atoms with Gasteiger partial charge in [0.15, 0.2) is 0 Å². The lowest BCUT2D eigenvalue weighted by atomic mass is 10.3. The van der Waals surface area contributed by atoms with Gasteiger partial charge in [0.25, 0.3) is 0 Å². The van der Waals surface area contributed by atoms with Crippen LogP contribution in [0.1, 0.15) is 34.6 Å². The van der Waals surface area contributed by atoms with E-state index in [1.165, 1.54) is 0 Å². The number of thioether (sulfide) groups is 1. The summed E-state index contributed by atoms with van der Waals surface area (Å²) in [5, 5.41) is 0. The summed E-state index contributed by atoms with van der Waals surface area (Å²) in [5.41, 5.74) is 5.68. The lowest BCUT2D eigenvalue weighted by Crippen LogP contribution is -2.37. The van der Waals surface area contributed by atoms with Crippen LogP contribution < -0.4 is 5.73 Å². The Morgan fingerprint density at radius 3 is 2.29 bits per heavy atom. The fraction of sp³-hybridized carbons (Fsp3) is 0.900. The van der Waals surface area contributed by atoms with Crippen LogP contribution in [-0.4, -0.2) is 28.6 Å². The zero-order valence-electron chi connectivity index (χ0n) is 9.66. The number of hydrogen-bond donors (Lipinski definition) is 1. The fourth-order valence-corrected chi connectivity index (χ4v) is 1.54. The maximum atomic E-state index is 11.3. The van der Waals surface area contributed by atoms with E-state index in [4.69, 9.17) is 10.5 Å². The van der Waals surface area contributed by atoms with Crippen LogP contribution in [0, 0.1) is 0 Å². The van der Waals surface area contributed by atoms with E-state index in [1.807, 2.05) is 13.8 Å². The molecule has 3 nitrogen and oxygen atoms in total. The average Bonchev–Trinajstić information content (AvgIpc) is 1.97. The van der Waals surface area contributed by atoms with Gasteiger partial charge in [-0.25, -0.2) is 0 Å². The van der Waals surface area contributed by atoms with Crippen LogP contribution in [-0.2, 0) is 9.53 Å². The van der Waals surface area contributed by atoms with Crippen LogP contribution in [0.3, 0.4) is 0 Å². The number of rotatable bonds is 4. The van der Waals surface area contributed by atoms with E-state index < -0.39 is 6.04 Å². The molecule has 0 unspecified atom stereocenters. The van der Waals surface area contributed by atoms with Gasteiger partial charge in [0.05, 0.1) is 6.10 Å². The molecule has 0 radical (unpaired) electrons. The highest BCUT2D eigenvalue weighted by Gasteiger charge is 2.20. The van der Waals surface area contributed by atoms with E-state index in [1.54, 1.807) is 11.8 Å². The first kappa shape index (κ1) is 13.8. The summed E-state index contributed by atoms with van der Waals surface area (Å²) < 4.78 is 5.13. The maximum absolute atomic E-state index is 11.3. The molecule has 0 aliphatic carbocycles. The summed E-state index contributed by atoms with van der Waals surface area (Å²) in [4.78, 5) is 11.3. The van der Waals surface area contributed by atoms with Crippen LogP contribution in [0.4, 0.5) is 0 Å².